The monoisotopic (exact) mass is 393 g/mol. The van der Waals surface area contributed by atoms with Crippen LogP contribution in [0.15, 0.2) is 91.0 Å². The highest BCUT2D eigenvalue weighted by Gasteiger charge is 2.21. The second kappa shape index (κ2) is 10.2. The number of hydrogen-bond donors (Lipinski definition) is 1. The lowest BCUT2D eigenvalue weighted by Crippen LogP contribution is -2.55. The largest absolute Gasteiger partial charge is 0.673 e. The zero-order valence-corrected chi connectivity index (χ0v) is 15.6. The van der Waals surface area contributed by atoms with Gasteiger partial charge in [-0.1, -0.05) is 91.0 Å². The Labute approximate surface area is 158 Å². The molecule has 3 aromatic rings. The van der Waals surface area contributed by atoms with Crippen LogP contribution >= 0.6 is 7.92 Å². The summed E-state index contributed by atoms with van der Waals surface area (Å²) >= 11 is 0. The quantitative estimate of drug-likeness (QED) is 0.378. The van der Waals surface area contributed by atoms with Crippen LogP contribution in [0.1, 0.15) is 11.6 Å². The normalized spacial score (nSPS) is 12.2. The van der Waals surface area contributed by atoms with Gasteiger partial charge in [-0.15, -0.1) is 0 Å². The first kappa shape index (κ1) is 21.1. The number of halogens is 4. The first-order valence-electron chi connectivity index (χ1n) is 8.47. The van der Waals surface area contributed by atoms with Gasteiger partial charge in [0, 0.05) is 11.7 Å². The van der Waals surface area contributed by atoms with Gasteiger partial charge in [-0.3, -0.25) is 0 Å². The third kappa shape index (κ3) is 7.94. The van der Waals surface area contributed by atoms with E-state index in [1.54, 1.807) is 0 Å². The van der Waals surface area contributed by atoms with Gasteiger partial charge < -0.3 is 23.0 Å². The Kier molecular flexibility index (Phi) is 8.02. The van der Waals surface area contributed by atoms with E-state index in [9.17, 15) is 17.3 Å². The maximum absolute atomic E-state index is 9.75. The Hall–Kier alpha value is -2.17. The Morgan fingerprint density at radius 1 is 0.667 bits per heavy atom. The maximum Gasteiger partial charge on any atom is 0.673 e. The molecule has 7 heteroatoms. The van der Waals surface area contributed by atoms with Crippen molar-refractivity contribution in [1.29, 1.82) is 0 Å². The molecular formula is C20H21BF4NP. The molecule has 3 rings (SSSR count). The second-order valence-corrected chi connectivity index (χ2v) is 8.14. The summed E-state index contributed by atoms with van der Waals surface area (Å²) in [5, 5.41) is 2.85. The fourth-order valence-electron chi connectivity index (χ4n) is 2.63. The summed E-state index contributed by atoms with van der Waals surface area (Å²) in [6.45, 7) is 0. The summed E-state index contributed by atoms with van der Waals surface area (Å²) in [7, 11) is -6.38. The van der Waals surface area contributed by atoms with Crippen LogP contribution in [0.5, 0.6) is 0 Å². The molecule has 0 aliphatic carbocycles. The molecule has 1 atom stereocenters. The van der Waals surface area contributed by atoms with E-state index < -0.39 is 7.25 Å². The molecule has 142 valence electrons. The van der Waals surface area contributed by atoms with E-state index in [0.29, 0.717) is 6.04 Å². The first-order valence-corrected chi connectivity index (χ1v) is 10.0. The molecule has 0 fully saturated rings. The van der Waals surface area contributed by atoms with E-state index >= 15 is 0 Å². The average Bonchev–Trinajstić information content (AvgIpc) is 2.67. The van der Waals surface area contributed by atoms with Crippen molar-refractivity contribution in [2.45, 2.75) is 6.04 Å². The van der Waals surface area contributed by atoms with E-state index in [1.165, 1.54) is 16.2 Å². The fraction of sp³-hybridized carbons (Fsp3) is 0.100. The van der Waals surface area contributed by atoms with Crippen molar-refractivity contribution in [3.8, 4) is 0 Å². The second-order valence-electron chi connectivity index (χ2n) is 5.88. The first-order chi connectivity index (χ1) is 12.8. The minimum atomic E-state index is -6.00. The number of benzene rings is 3. The lowest BCUT2D eigenvalue weighted by Gasteiger charge is -2.21. The van der Waals surface area contributed by atoms with Crippen molar-refractivity contribution in [1.82, 2.24) is 0 Å². The molecule has 0 unspecified atom stereocenters. The van der Waals surface area contributed by atoms with Crippen LogP contribution in [0, 0.1) is 0 Å². The SMILES string of the molecule is F[B-](F)(F)F.[NH3+][C@H](CP(c1ccccc1)c1ccccc1)c1ccccc1. The third-order valence-corrected chi connectivity index (χ3v) is 6.46. The highest BCUT2D eigenvalue weighted by molar-refractivity contribution is 7.73. The van der Waals surface area contributed by atoms with Gasteiger partial charge in [0.2, 0.25) is 0 Å². The zero-order valence-electron chi connectivity index (χ0n) is 14.7. The van der Waals surface area contributed by atoms with Crippen molar-refractivity contribution in [2.24, 2.45) is 0 Å². The van der Waals surface area contributed by atoms with Crippen molar-refractivity contribution < 1.29 is 23.0 Å². The smallest absolute Gasteiger partial charge is 0.418 e. The lowest BCUT2D eigenvalue weighted by molar-refractivity contribution is -0.418. The Morgan fingerprint density at radius 2 is 1.00 bits per heavy atom. The van der Waals surface area contributed by atoms with Gasteiger partial charge in [0.1, 0.15) is 6.04 Å². The average molecular weight is 393 g/mol. The van der Waals surface area contributed by atoms with Crippen molar-refractivity contribution in [3.63, 3.8) is 0 Å². The van der Waals surface area contributed by atoms with Gasteiger partial charge in [0.05, 0.1) is 0 Å². The van der Waals surface area contributed by atoms with E-state index in [0.717, 1.165) is 6.16 Å². The molecule has 3 N–H and O–H groups in total. The Balaban J connectivity index is 0.000000465. The molecule has 0 heterocycles. The molecule has 0 bridgehead atoms. The van der Waals surface area contributed by atoms with Gasteiger partial charge in [-0.05, 0) is 18.5 Å². The molecular weight excluding hydrogens is 372 g/mol. The Bertz CT molecular complexity index is 740. The fourth-order valence-corrected chi connectivity index (χ4v) is 5.06. The zero-order chi connectivity index (χ0) is 19.7. The van der Waals surface area contributed by atoms with Gasteiger partial charge in [0.25, 0.3) is 0 Å². The predicted molar refractivity (Wildman–Crippen MR) is 106 cm³/mol. The van der Waals surface area contributed by atoms with Gasteiger partial charge in [0.15, 0.2) is 0 Å². The highest BCUT2D eigenvalue weighted by Crippen LogP contribution is 2.36. The summed E-state index contributed by atoms with van der Waals surface area (Å²) in [6.07, 6.45) is 1.08. The van der Waals surface area contributed by atoms with Gasteiger partial charge >= 0.3 is 7.25 Å². The van der Waals surface area contributed by atoms with Crippen LogP contribution < -0.4 is 16.3 Å². The summed E-state index contributed by atoms with van der Waals surface area (Å²) in [4.78, 5) is 0. The summed E-state index contributed by atoms with van der Waals surface area (Å²) in [5.74, 6) is 0. The van der Waals surface area contributed by atoms with Crippen LogP contribution in [-0.2, 0) is 0 Å². The summed E-state index contributed by atoms with van der Waals surface area (Å²) in [5.41, 5.74) is 5.74. The molecule has 0 aromatic heterocycles. The topological polar surface area (TPSA) is 27.6 Å². The number of rotatable bonds is 5. The molecule has 27 heavy (non-hydrogen) atoms. The molecule has 1 nitrogen and oxygen atoms in total. The minimum absolute atomic E-state index is 0.313. The Morgan fingerprint density at radius 3 is 1.37 bits per heavy atom. The van der Waals surface area contributed by atoms with Crippen molar-refractivity contribution in [2.75, 3.05) is 6.16 Å². The number of hydrogen-bond acceptors (Lipinski definition) is 0. The highest BCUT2D eigenvalue weighted by atomic mass is 31.1. The molecule has 0 saturated heterocycles. The molecule has 0 spiro atoms. The van der Waals surface area contributed by atoms with Crippen molar-refractivity contribution in [3.05, 3.63) is 96.6 Å². The molecule has 0 amide bonds. The third-order valence-electron chi connectivity index (χ3n) is 3.81. The maximum atomic E-state index is 9.75. The molecule has 0 radical (unpaired) electrons. The summed E-state index contributed by atoms with van der Waals surface area (Å²) < 4.78 is 39.0. The van der Waals surface area contributed by atoms with Gasteiger partial charge in [-0.2, -0.15) is 0 Å². The minimum Gasteiger partial charge on any atom is -0.418 e. The van der Waals surface area contributed by atoms with Crippen LogP contribution in [0.3, 0.4) is 0 Å². The standard InChI is InChI=1S/C20H20NP.BF4/c21-20(17-10-4-1-5-11-17)16-22(18-12-6-2-7-13-18)19-14-8-3-9-15-19;2-1(3,4)5/h1-15,20H,16,21H2;/q;-1/p+1/t20-;/m1./s1. The molecule has 0 aliphatic rings. The van der Waals surface area contributed by atoms with Crippen LogP contribution in [-0.4, -0.2) is 13.4 Å². The molecule has 0 aliphatic heterocycles. The van der Waals surface area contributed by atoms with Gasteiger partial charge in [-0.25, -0.2) is 0 Å². The van der Waals surface area contributed by atoms with Crippen molar-refractivity contribution >= 4 is 25.8 Å². The lowest BCUT2D eigenvalue weighted by atomic mass is 10.1. The molecule has 3 aromatic carbocycles. The predicted octanol–water partition coefficient (Wildman–Crippen LogP) is 4.40. The van der Waals surface area contributed by atoms with Crippen LogP contribution in [0.2, 0.25) is 0 Å². The van der Waals surface area contributed by atoms with E-state index in [2.05, 4.69) is 96.7 Å². The molecule has 0 saturated carbocycles. The van der Waals surface area contributed by atoms with E-state index in [1.807, 2.05) is 0 Å². The number of quaternary nitrogens is 1. The van der Waals surface area contributed by atoms with Crippen LogP contribution in [0.25, 0.3) is 0 Å². The van der Waals surface area contributed by atoms with Crippen LogP contribution in [0.4, 0.5) is 17.3 Å². The van der Waals surface area contributed by atoms with E-state index in [4.69, 9.17) is 0 Å². The summed E-state index contributed by atoms with van der Waals surface area (Å²) in [6, 6.07) is 32.6. The van der Waals surface area contributed by atoms with E-state index in [-0.39, 0.29) is 7.92 Å².